The quantitative estimate of drug-likeness (QED) is 0.876. The molecule has 1 atom stereocenters. The summed E-state index contributed by atoms with van der Waals surface area (Å²) in [4.78, 5) is 13.2. The third kappa shape index (κ3) is 4.07. The number of amides is 1. The van der Waals surface area contributed by atoms with Gasteiger partial charge >= 0.3 is 0 Å². The van der Waals surface area contributed by atoms with Gasteiger partial charge in [-0.3, -0.25) is 4.79 Å². The van der Waals surface area contributed by atoms with E-state index >= 15 is 0 Å². The number of hydrogen-bond acceptors (Lipinski definition) is 3. The van der Waals surface area contributed by atoms with Crippen LogP contribution in [0.1, 0.15) is 23.4 Å². The van der Waals surface area contributed by atoms with Crippen molar-refractivity contribution in [1.29, 1.82) is 0 Å². The van der Waals surface area contributed by atoms with Crippen molar-refractivity contribution in [1.82, 2.24) is 5.32 Å². The Morgan fingerprint density at radius 3 is 2.90 bits per heavy atom. The van der Waals surface area contributed by atoms with Crippen LogP contribution in [0.5, 0.6) is 0 Å². The molecule has 3 nitrogen and oxygen atoms in total. The molecule has 0 aliphatic heterocycles. The summed E-state index contributed by atoms with van der Waals surface area (Å²) in [6.45, 7) is 4.25. The van der Waals surface area contributed by atoms with Gasteiger partial charge in [0, 0.05) is 21.6 Å². The van der Waals surface area contributed by atoms with Gasteiger partial charge < -0.3 is 10.6 Å². The Bertz CT molecular complexity index is 584. The first kappa shape index (κ1) is 15.0. The maximum absolute atomic E-state index is 11.9. The van der Waals surface area contributed by atoms with Crippen LogP contribution in [0.25, 0.3) is 0 Å². The van der Waals surface area contributed by atoms with Gasteiger partial charge in [0.1, 0.15) is 0 Å². The van der Waals surface area contributed by atoms with Crippen LogP contribution in [-0.2, 0) is 4.79 Å². The smallest absolute Gasteiger partial charge is 0.238 e. The fraction of sp³-hybridized carbons (Fsp3) is 0.267. The molecule has 5 heteroatoms. The SMILES string of the molecule is Cc1ccc(Cl)cc1NC(=O)CN[C@H](C)c1cccs1. The van der Waals surface area contributed by atoms with E-state index in [4.69, 9.17) is 11.6 Å². The predicted molar refractivity (Wildman–Crippen MR) is 85.6 cm³/mol. The molecule has 0 saturated carbocycles. The number of rotatable bonds is 5. The minimum absolute atomic E-state index is 0.0706. The first-order valence-corrected chi connectivity index (χ1v) is 7.65. The number of hydrogen-bond donors (Lipinski definition) is 2. The van der Waals surface area contributed by atoms with E-state index in [1.165, 1.54) is 4.88 Å². The third-order valence-corrected chi connectivity index (χ3v) is 4.30. The highest BCUT2D eigenvalue weighted by atomic mass is 35.5. The van der Waals surface area contributed by atoms with Crippen molar-refractivity contribution in [2.24, 2.45) is 0 Å². The second-order valence-electron chi connectivity index (χ2n) is 4.63. The Hall–Kier alpha value is -1.36. The van der Waals surface area contributed by atoms with Gasteiger partial charge in [-0.15, -0.1) is 11.3 Å². The highest BCUT2D eigenvalue weighted by molar-refractivity contribution is 7.10. The lowest BCUT2D eigenvalue weighted by molar-refractivity contribution is -0.115. The molecule has 1 heterocycles. The first-order chi connectivity index (χ1) is 9.56. The van der Waals surface area contributed by atoms with Crippen LogP contribution >= 0.6 is 22.9 Å². The summed E-state index contributed by atoms with van der Waals surface area (Å²) in [6.07, 6.45) is 0. The molecule has 0 radical (unpaired) electrons. The van der Waals surface area contributed by atoms with Crippen LogP contribution in [-0.4, -0.2) is 12.5 Å². The van der Waals surface area contributed by atoms with E-state index in [9.17, 15) is 4.79 Å². The van der Waals surface area contributed by atoms with Crippen molar-refractivity contribution >= 4 is 34.5 Å². The molecule has 0 unspecified atom stereocenters. The molecule has 1 aromatic heterocycles. The van der Waals surface area contributed by atoms with Crippen molar-refractivity contribution in [3.63, 3.8) is 0 Å². The summed E-state index contributed by atoms with van der Waals surface area (Å²) in [7, 11) is 0. The van der Waals surface area contributed by atoms with E-state index in [1.54, 1.807) is 17.4 Å². The number of anilines is 1. The number of carbonyl (C=O) groups excluding carboxylic acids is 1. The maximum Gasteiger partial charge on any atom is 0.238 e. The Balaban J connectivity index is 1.88. The number of aryl methyl sites for hydroxylation is 1. The zero-order valence-electron chi connectivity index (χ0n) is 11.4. The molecule has 0 bridgehead atoms. The minimum atomic E-state index is -0.0706. The summed E-state index contributed by atoms with van der Waals surface area (Å²) in [5.74, 6) is -0.0706. The van der Waals surface area contributed by atoms with Gasteiger partial charge in [-0.2, -0.15) is 0 Å². The maximum atomic E-state index is 11.9. The molecule has 20 heavy (non-hydrogen) atoms. The lowest BCUT2D eigenvalue weighted by Crippen LogP contribution is -2.30. The van der Waals surface area contributed by atoms with Crippen molar-refractivity contribution in [2.45, 2.75) is 19.9 Å². The fourth-order valence-corrected chi connectivity index (χ4v) is 2.74. The third-order valence-electron chi connectivity index (χ3n) is 3.01. The van der Waals surface area contributed by atoms with Gasteiger partial charge in [0.05, 0.1) is 6.54 Å². The molecule has 0 saturated heterocycles. The van der Waals surface area contributed by atoms with E-state index in [0.29, 0.717) is 5.02 Å². The second kappa shape index (κ2) is 6.88. The molecule has 0 spiro atoms. The zero-order valence-corrected chi connectivity index (χ0v) is 13.0. The number of thiophene rings is 1. The molecule has 0 fully saturated rings. The topological polar surface area (TPSA) is 41.1 Å². The number of halogens is 1. The van der Waals surface area contributed by atoms with Crippen molar-refractivity contribution in [3.05, 3.63) is 51.2 Å². The fourth-order valence-electron chi connectivity index (χ4n) is 1.81. The number of carbonyl (C=O) groups is 1. The van der Waals surface area contributed by atoms with Crippen molar-refractivity contribution in [3.8, 4) is 0 Å². The van der Waals surface area contributed by atoms with Gasteiger partial charge in [-0.25, -0.2) is 0 Å². The molecule has 106 valence electrons. The molecule has 1 aromatic carbocycles. The molecular formula is C15H17ClN2OS. The van der Waals surface area contributed by atoms with E-state index < -0.39 is 0 Å². The van der Waals surface area contributed by atoms with Gasteiger partial charge in [-0.1, -0.05) is 23.7 Å². The van der Waals surface area contributed by atoms with Crippen LogP contribution in [0.15, 0.2) is 35.7 Å². The highest BCUT2D eigenvalue weighted by Gasteiger charge is 2.09. The van der Waals surface area contributed by atoms with E-state index in [-0.39, 0.29) is 18.5 Å². The Morgan fingerprint density at radius 2 is 2.20 bits per heavy atom. The largest absolute Gasteiger partial charge is 0.325 e. The zero-order chi connectivity index (χ0) is 14.5. The van der Waals surface area contributed by atoms with Crippen LogP contribution in [0, 0.1) is 6.92 Å². The van der Waals surface area contributed by atoms with Gasteiger partial charge in [0.2, 0.25) is 5.91 Å². The summed E-state index contributed by atoms with van der Waals surface area (Å²) >= 11 is 7.61. The summed E-state index contributed by atoms with van der Waals surface area (Å²) < 4.78 is 0. The van der Waals surface area contributed by atoms with Crippen LogP contribution in [0.3, 0.4) is 0 Å². The van der Waals surface area contributed by atoms with Crippen LogP contribution in [0.2, 0.25) is 5.02 Å². The molecule has 2 aromatic rings. The summed E-state index contributed by atoms with van der Waals surface area (Å²) in [5, 5.41) is 8.72. The first-order valence-electron chi connectivity index (χ1n) is 6.39. The standard InChI is InChI=1S/C15H17ClN2OS/c1-10-5-6-12(16)8-13(10)18-15(19)9-17-11(2)14-4-3-7-20-14/h3-8,11,17H,9H2,1-2H3,(H,18,19)/t11-/m1/s1. The van der Waals surface area contributed by atoms with Gasteiger partial charge in [0.25, 0.3) is 0 Å². The number of nitrogens with one attached hydrogen (secondary N) is 2. The van der Waals surface area contributed by atoms with Crippen LogP contribution < -0.4 is 10.6 Å². The van der Waals surface area contributed by atoms with E-state index in [2.05, 4.69) is 16.7 Å². The highest BCUT2D eigenvalue weighted by Crippen LogP contribution is 2.20. The van der Waals surface area contributed by atoms with Crippen molar-refractivity contribution in [2.75, 3.05) is 11.9 Å². The average Bonchev–Trinajstić information content (AvgIpc) is 2.94. The molecule has 0 aliphatic carbocycles. The minimum Gasteiger partial charge on any atom is -0.325 e. The Morgan fingerprint density at radius 1 is 1.40 bits per heavy atom. The van der Waals surface area contributed by atoms with Crippen LogP contribution in [0.4, 0.5) is 5.69 Å². The van der Waals surface area contributed by atoms with Gasteiger partial charge in [-0.05, 0) is 43.0 Å². The second-order valence-corrected chi connectivity index (χ2v) is 6.04. The lowest BCUT2D eigenvalue weighted by atomic mass is 10.2. The molecule has 1 amide bonds. The lowest BCUT2D eigenvalue weighted by Gasteiger charge is -2.13. The van der Waals surface area contributed by atoms with Gasteiger partial charge in [0.15, 0.2) is 0 Å². The van der Waals surface area contributed by atoms with E-state index in [1.807, 2.05) is 37.4 Å². The number of benzene rings is 1. The summed E-state index contributed by atoms with van der Waals surface area (Å²) in [6, 6.07) is 9.69. The molecule has 2 rings (SSSR count). The van der Waals surface area contributed by atoms with Crippen molar-refractivity contribution < 1.29 is 4.79 Å². The summed E-state index contributed by atoms with van der Waals surface area (Å²) in [5.41, 5.74) is 1.75. The predicted octanol–water partition coefficient (Wildman–Crippen LogP) is 4.00. The average molecular weight is 309 g/mol. The molecule has 0 aliphatic rings. The molecular weight excluding hydrogens is 292 g/mol. The monoisotopic (exact) mass is 308 g/mol. The molecule has 2 N–H and O–H groups in total. The Kier molecular flexibility index (Phi) is 5.17. The normalized spacial score (nSPS) is 12.2. The Labute approximate surface area is 128 Å². The van der Waals surface area contributed by atoms with E-state index in [0.717, 1.165) is 11.3 Å².